The maximum absolute atomic E-state index is 5.18. The molecular formula is C21H42O4. The van der Waals surface area contributed by atoms with E-state index in [1.807, 2.05) is 0 Å². The van der Waals surface area contributed by atoms with Gasteiger partial charge >= 0.3 is 0 Å². The van der Waals surface area contributed by atoms with Crippen molar-refractivity contribution in [2.75, 3.05) is 52.9 Å². The van der Waals surface area contributed by atoms with E-state index in [-0.39, 0.29) is 0 Å². The van der Waals surface area contributed by atoms with Gasteiger partial charge in [0.05, 0.1) is 13.2 Å². The van der Waals surface area contributed by atoms with E-state index in [0.717, 1.165) is 76.5 Å². The fraction of sp³-hybridized carbons (Fsp3) is 1.00. The first-order chi connectivity index (χ1) is 12.1. The number of ether oxygens (including phenoxy) is 4. The summed E-state index contributed by atoms with van der Waals surface area (Å²) >= 11 is 0. The molecule has 4 nitrogen and oxygen atoms in total. The van der Waals surface area contributed by atoms with Crippen molar-refractivity contribution in [3.05, 3.63) is 0 Å². The first-order valence-corrected chi connectivity index (χ1v) is 10.4. The molecule has 150 valence electrons. The molecule has 4 saturated heterocycles. The largest absolute Gasteiger partial charge is 0.381 e. The van der Waals surface area contributed by atoms with Gasteiger partial charge in [0.15, 0.2) is 0 Å². The Labute approximate surface area is 155 Å². The lowest BCUT2D eigenvalue weighted by molar-refractivity contribution is -0.0221. The number of hydrogen-bond acceptors (Lipinski definition) is 4. The second-order valence-electron chi connectivity index (χ2n) is 8.23. The van der Waals surface area contributed by atoms with Crippen molar-refractivity contribution in [3.8, 4) is 0 Å². The summed E-state index contributed by atoms with van der Waals surface area (Å²) in [5.41, 5.74) is 0. The molecule has 0 aromatic carbocycles. The van der Waals surface area contributed by atoms with E-state index >= 15 is 0 Å². The number of rotatable bonds is 0. The minimum absolute atomic E-state index is 0.814. The molecule has 0 spiro atoms. The first-order valence-electron chi connectivity index (χ1n) is 10.4. The lowest BCUT2D eigenvalue weighted by Crippen LogP contribution is -2.23. The summed E-state index contributed by atoms with van der Waals surface area (Å²) in [6.45, 7) is 16.8. The van der Waals surface area contributed by atoms with Gasteiger partial charge in [0.2, 0.25) is 0 Å². The third-order valence-corrected chi connectivity index (χ3v) is 4.86. The van der Waals surface area contributed by atoms with E-state index in [4.69, 9.17) is 18.9 Å². The molecule has 4 aliphatic heterocycles. The predicted octanol–water partition coefficient (Wildman–Crippen LogP) is 4.56. The fourth-order valence-electron chi connectivity index (χ4n) is 2.72. The van der Waals surface area contributed by atoms with Gasteiger partial charge in [-0.25, -0.2) is 0 Å². The highest BCUT2D eigenvalue weighted by atomic mass is 16.5. The Kier molecular flexibility index (Phi) is 13.7. The molecule has 0 aromatic heterocycles. The van der Waals surface area contributed by atoms with Crippen LogP contribution < -0.4 is 0 Å². The lowest BCUT2D eigenvalue weighted by atomic mass is 10.0. The highest BCUT2D eigenvalue weighted by molar-refractivity contribution is 4.57. The maximum Gasteiger partial charge on any atom is 0.0513 e. The van der Waals surface area contributed by atoms with Crippen LogP contribution in [-0.4, -0.2) is 52.9 Å². The topological polar surface area (TPSA) is 36.9 Å². The first kappa shape index (κ1) is 22.9. The second-order valence-corrected chi connectivity index (χ2v) is 8.23. The van der Waals surface area contributed by atoms with Gasteiger partial charge in [-0.05, 0) is 49.9 Å². The Morgan fingerprint density at radius 1 is 0.440 bits per heavy atom. The van der Waals surface area contributed by atoms with Gasteiger partial charge in [0.25, 0.3) is 0 Å². The van der Waals surface area contributed by atoms with Crippen molar-refractivity contribution in [3.63, 3.8) is 0 Å². The van der Waals surface area contributed by atoms with Gasteiger partial charge in [0, 0.05) is 45.6 Å². The average molecular weight is 359 g/mol. The van der Waals surface area contributed by atoms with Crippen LogP contribution in [0.1, 0.15) is 59.8 Å². The van der Waals surface area contributed by atoms with Gasteiger partial charge < -0.3 is 18.9 Å². The van der Waals surface area contributed by atoms with Crippen LogP contribution in [0.2, 0.25) is 0 Å². The Balaban J connectivity index is 0.000000168. The summed E-state index contributed by atoms with van der Waals surface area (Å²) in [7, 11) is 0. The average Bonchev–Trinajstić information content (AvgIpc) is 3.07. The monoisotopic (exact) mass is 358 g/mol. The third-order valence-electron chi connectivity index (χ3n) is 4.86. The summed E-state index contributed by atoms with van der Waals surface area (Å²) in [6.07, 6.45) is 6.42. The van der Waals surface area contributed by atoms with Crippen LogP contribution in [0.4, 0.5) is 0 Å². The Bertz CT molecular complexity index is 260. The molecule has 0 amide bonds. The molecule has 4 heteroatoms. The highest BCUT2D eigenvalue weighted by Crippen LogP contribution is 2.12. The van der Waals surface area contributed by atoms with Crippen LogP contribution in [0.3, 0.4) is 0 Å². The van der Waals surface area contributed by atoms with Gasteiger partial charge in [0.1, 0.15) is 0 Å². The van der Waals surface area contributed by atoms with E-state index in [9.17, 15) is 0 Å². The van der Waals surface area contributed by atoms with Crippen LogP contribution in [0.5, 0.6) is 0 Å². The molecule has 25 heavy (non-hydrogen) atoms. The zero-order valence-electron chi connectivity index (χ0n) is 17.1. The molecule has 0 N–H and O–H groups in total. The molecule has 0 aliphatic carbocycles. The summed E-state index contributed by atoms with van der Waals surface area (Å²) in [4.78, 5) is 0. The van der Waals surface area contributed by atoms with Crippen LogP contribution in [0.25, 0.3) is 0 Å². The molecule has 4 rings (SSSR count). The van der Waals surface area contributed by atoms with Crippen LogP contribution in [0, 0.1) is 23.7 Å². The van der Waals surface area contributed by atoms with Gasteiger partial charge in [-0.15, -0.1) is 0 Å². The molecule has 4 fully saturated rings. The molecule has 0 bridgehead atoms. The molecule has 2 atom stereocenters. The zero-order chi connectivity index (χ0) is 18.3. The molecule has 0 saturated carbocycles. The van der Waals surface area contributed by atoms with E-state index in [1.165, 1.54) is 32.1 Å². The number of hydrogen-bond donors (Lipinski definition) is 0. The van der Waals surface area contributed by atoms with Gasteiger partial charge in [-0.1, -0.05) is 27.7 Å². The van der Waals surface area contributed by atoms with Crippen molar-refractivity contribution >= 4 is 0 Å². The van der Waals surface area contributed by atoms with Crippen LogP contribution >= 0.6 is 0 Å². The Morgan fingerprint density at radius 3 is 1.12 bits per heavy atom. The third kappa shape index (κ3) is 13.7. The molecule has 4 aliphatic rings. The second kappa shape index (κ2) is 15.0. The molecule has 2 unspecified atom stereocenters. The van der Waals surface area contributed by atoms with Crippen molar-refractivity contribution in [1.29, 1.82) is 0 Å². The van der Waals surface area contributed by atoms with Gasteiger partial charge in [-0.2, -0.15) is 0 Å². The van der Waals surface area contributed by atoms with E-state index in [0.29, 0.717) is 0 Å². The van der Waals surface area contributed by atoms with Crippen molar-refractivity contribution in [2.24, 2.45) is 23.7 Å². The van der Waals surface area contributed by atoms with Gasteiger partial charge in [-0.3, -0.25) is 0 Å². The van der Waals surface area contributed by atoms with Crippen molar-refractivity contribution in [1.82, 2.24) is 0 Å². The van der Waals surface area contributed by atoms with Crippen molar-refractivity contribution < 1.29 is 18.9 Å². The summed E-state index contributed by atoms with van der Waals surface area (Å²) < 4.78 is 20.2. The molecule has 4 heterocycles. The van der Waals surface area contributed by atoms with Crippen LogP contribution in [-0.2, 0) is 18.9 Å². The Hall–Kier alpha value is -0.160. The molecule has 0 aromatic rings. The normalized spacial score (nSPS) is 29.8. The quantitative estimate of drug-likeness (QED) is 0.636. The van der Waals surface area contributed by atoms with E-state index in [1.54, 1.807) is 0 Å². The SMILES string of the molecule is CC1CCCOC1.CC1CCOC1.CC1CCOCC1.CC1COC1. The minimum atomic E-state index is 0.814. The van der Waals surface area contributed by atoms with Crippen LogP contribution in [0.15, 0.2) is 0 Å². The van der Waals surface area contributed by atoms with E-state index < -0.39 is 0 Å². The lowest BCUT2D eigenvalue weighted by Gasteiger charge is -2.20. The molecular weight excluding hydrogens is 316 g/mol. The highest BCUT2D eigenvalue weighted by Gasteiger charge is 2.10. The smallest absolute Gasteiger partial charge is 0.0513 e. The fourth-order valence-corrected chi connectivity index (χ4v) is 2.72. The Morgan fingerprint density at radius 2 is 0.920 bits per heavy atom. The summed E-state index contributed by atoms with van der Waals surface area (Å²) in [6, 6.07) is 0. The maximum atomic E-state index is 5.18. The zero-order valence-corrected chi connectivity index (χ0v) is 17.1. The molecule has 0 radical (unpaired) electrons. The predicted molar refractivity (Wildman–Crippen MR) is 103 cm³/mol. The summed E-state index contributed by atoms with van der Waals surface area (Å²) in [5.74, 6) is 3.39. The van der Waals surface area contributed by atoms with E-state index in [2.05, 4.69) is 27.7 Å². The standard InChI is InChI=1S/2C6H12O.C5H10O.C4H8O/c1-6-2-4-7-5-3-6;1-6-3-2-4-7-5-6;1-5-2-3-6-4-5;1-4-2-5-3-4/h2*6H,2-5H2,1H3;5H,2-4H2,1H3;4H,2-3H2,1H3. The minimum Gasteiger partial charge on any atom is -0.381 e. The summed E-state index contributed by atoms with van der Waals surface area (Å²) in [5, 5.41) is 0. The van der Waals surface area contributed by atoms with Crippen molar-refractivity contribution in [2.45, 2.75) is 59.8 Å².